The Kier molecular flexibility index (Phi) is 6.72. The highest BCUT2D eigenvalue weighted by Gasteiger charge is 2.34. The van der Waals surface area contributed by atoms with E-state index in [1.54, 1.807) is 25.4 Å². The van der Waals surface area contributed by atoms with Crippen LogP contribution in [-0.2, 0) is 32.3 Å². The van der Waals surface area contributed by atoms with Gasteiger partial charge in [-0.05, 0) is 24.1 Å². The lowest BCUT2D eigenvalue weighted by Crippen LogP contribution is -2.45. The van der Waals surface area contributed by atoms with E-state index in [4.69, 9.17) is 4.74 Å². The number of nitrogens with one attached hydrogen (secondary N) is 1. The fraction of sp³-hybridized carbons (Fsp3) is 0.316. The van der Waals surface area contributed by atoms with Gasteiger partial charge in [0.2, 0.25) is 10.0 Å². The molecule has 2 heterocycles. The summed E-state index contributed by atoms with van der Waals surface area (Å²) < 4.78 is 72.6. The van der Waals surface area contributed by atoms with Gasteiger partial charge in [0.15, 0.2) is 4.96 Å². The molecule has 0 unspecified atom stereocenters. The third kappa shape index (κ3) is 5.34. The maximum Gasteiger partial charge on any atom is 0.416 e. The van der Waals surface area contributed by atoms with Crippen LogP contribution in [0.15, 0.2) is 51.6 Å². The molecule has 0 spiro atoms. The van der Waals surface area contributed by atoms with Gasteiger partial charge in [-0.25, -0.2) is 13.4 Å². The molecule has 0 aliphatic carbocycles. The fourth-order valence-corrected chi connectivity index (χ4v) is 4.85. The first-order valence-corrected chi connectivity index (χ1v) is 11.6. The molecule has 8 nitrogen and oxygen atoms in total. The Labute approximate surface area is 184 Å². The van der Waals surface area contributed by atoms with Gasteiger partial charge >= 0.3 is 12.1 Å². The van der Waals surface area contributed by atoms with Crippen LogP contribution >= 0.6 is 11.3 Å². The van der Waals surface area contributed by atoms with Crippen LogP contribution in [0.1, 0.15) is 25.1 Å². The summed E-state index contributed by atoms with van der Waals surface area (Å²) in [5, 5.41) is 1.66. The number of sulfonamides is 1. The quantitative estimate of drug-likeness (QED) is 0.512. The number of benzene rings is 1. The molecule has 13 heteroatoms. The lowest BCUT2D eigenvalue weighted by Gasteiger charge is -2.21. The maximum atomic E-state index is 12.9. The van der Waals surface area contributed by atoms with Crippen molar-refractivity contribution in [2.45, 2.75) is 37.6 Å². The molecule has 0 amide bonds. The van der Waals surface area contributed by atoms with Crippen LogP contribution in [-0.4, -0.2) is 29.8 Å². The van der Waals surface area contributed by atoms with Crippen LogP contribution in [0.3, 0.4) is 0 Å². The van der Waals surface area contributed by atoms with Crippen LogP contribution in [0.2, 0.25) is 0 Å². The molecule has 3 aromatic rings. The molecule has 0 radical (unpaired) electrons. The summed E-state index contributed by atoms with van der Waals surface area (Å²) in [6.07, 6.45) is -3.18. The topological polar surface area (TPSA) is 107 Å². The van der Waals surface area contributed by atoms with Gasteiger partial charge in [0.05, 0.1) is 16.2 Å². The summed E-state index contributed by atoms with van der Waals surface area (Å²) in [6, 6.07) is 3.00. The molecule has 0 aliphatic rings. The second-order valence-electron chi connectivity index (χ2n) is 7.12. The molecular formula is C19H18F3N3O5S2. The number of alkyl halides is 3. The maximum absolute atomic E-state index is 12.9. The molecule has 1 atom stereocenters. The molecule has 0 bridgehead atoms. The number of fused-ring (bicyclic) bond motifs is 1. The largest absolute Gasteiger partial charge is 0.458 e. The number of aromatic nitrogens is 2. The van der Waals surface area contributed by atoms with Gasteiger partial charge in [-0.3, -0.25) is 14.0 Å². The number of rotatable bonds is 7. The van der Waals surface area contributed by atoms with E-state index in [-0.39, 0.29) is 17.9 Å². The van der Waals surface area contributed by atoms with E-state index in [1.165, 1.54) is 21.8 Å². The SMILES string of the molecule is CC(C)[C@@H](NS(=O)(=O)c1cccc(C(F)(F)F)c1)C(=O)OCc1cc(=O)n2ccsc2n1. The zero-order valence-electron chi connectivity index (χ0n) is 16.8. The van der Waals surface area contributed by atoms with Gasteiger partial charge < -0.3 is 4.74 Å². The first-order chi connectivity index (χ1) is 14.9. The number of carbonyl (C=O) groups excluding carboxylic acids is 1. The second-order valence-corrected chi connectivity index (χ2v) is 9.70. The molecular weight excluding hydrogens is 471 g/mol. The van der Waals surface area contributed by atoms with E-state index >= 15 is 0 Å². The first-order valence-electron chi connectivity index (χ1n) is 9.20. The van der Waals surface area contributed by atoms with E-state index in [2.05, 4.69) is 9.71 Å². The third-order valence-corrected chi connectivity index (χ3v) is 6.59. The van der Waals surface area contributed by atoms with Crippen molar-refractivity contribution in [3.63, 3.8) is 0 Å². The summed E-state index contributed by atoms with van der Waals surface area (Å²) >= 11 is 1.21. The van der Waals surface area contributed by atoms with Crippen LogP contribution < -0.4 is 10.3 Å². The molecule has 0 fully saturated rings. The van der Waals surface area contributed by atoms with E-state index < -0.39 is 44.6 Å². The molecule has 2 aromatic heterocycles. The number of ether oxygens (including phenoxy) is 1. The minimum atomic E-state index is -4.72. The Morgan fingerprint density at radius 1 is 1.28 bits per heavy atom. The van der Waals surface area contributed by atoms with Crippen LogP contribution in [0.25, 0.3) is 4.96 Å². The Balaban J connectivity index is 1.77. The normalized spacial score (nSPS) is 13.4. The molecule has 0 saturated heterocycles. The predicted molar refractivity (Wildman–Crippen MR) is 110 cm³/mol. The molecule has 1 N–H and O–H groups in total. The second kappa shape index (κ2) is 9.00. The van der Waals surface area contributed by atoms with E-state index in [9.17, 15) is 31.2 Å². The summed E-state index contributed by atoms with van der Waals surface area (Å²) in [6.45, 7) is 2.71. The Morgan fingerprint density at radius 3 is 2.66 bits per heavy atom. The summed E-state index contributed by atoms with van der Waals surface area (Å²) in [4.78, 5) is 28.5. The van der Waals surface area contributed by atoms with Crippen molar-refractivity contribution in [3.05, 3.63) is 63.5 Å². The zero-order valence-corrected chi connectivity index (χ0v) is 18.4. The van der Waals surface area contributed by atoms with E-state index in [0.717, 1.165) is 18.2 Å². The monoisotopic (exact) mass is 489 g/mol. The van der Waals surface area contributed by atoms with Crippen molar-refractivity contribution >= 4 is 32.3 Å². The highest BCUT2D eigenvalue weighted by Crippen LogP contribution is 2.30. The van der Waals surface area contributed by atoms with Gasteiger partial charge in [0.1, 0.15) is 12.6 Å². The highest BCUT2D eigenvalue weighted by molar-refractivity contribution is 7.89. The van der Waals surface area contributed by atoms with Crippen molar-refractivity contribution in [1.82, 2.24) is 14.1 Å². The molecule has 0 saturated carbocycles. The minimum Gasteiger partial charge on any atom is -0.458 e. The van der Waals surface area contributed by atoms with E-state index in [0.29, 0.717) is 11.0 Å². The van der Waals surface area contributed by atoms with Crippen LogP contribution in [0, 0.1) is 5.92 Å². The lowest BCUT2D eigenvalue weighted by molar-refractivity contribution is -0.148. The summed E-state index contributed by atoms with van der Waals surface area (Å²) in [7, 11) is -4.46. The van der Waals surface area contributed by atoms with Gasteiger partial charge in [0, 0.05) is 17.6 Å². The Hall–Kier alpha value is -2.77. The fourth-order valence-electron chi connectivity index (χ4n) is 2.73. The van der Waals surface area contributed by atoms with Gasteiger partial charge in [-0.2, -0.15) is 17.9 Å². The molecule has 172 valence electrons. The number of esters is 1. The lowest BCUT2D eigenvalue weighted by atomic mass is 10.1. The number of hydrogen-bond donors (Lipinski definition) is 1. The van der Waals surface area contributed by atoms with Gasteiger partial charge in [-0.1, -0.05) is 19.9 Å². The van der Waals surface area contributed by atoms with Crippen molar-refractivity contribution in [3.8, 4) is 0 Å². The van der Waals surface area contributed by atoms with Gasteiger partial charge in [0.25, 0.3) is 5.56 Å². The smallest absolute Gasteiger partial charge is 0.416 e. The standard InChI is InChI=1S/C19H18F3N3O5S2/c1-11(2)16(24-32(28,29)14-5-3-4-12(8-14)19(20,21)22)17(27)30-10-13-9-15(26)25-6-7-31-18(25)23-13/h3-9,11,16,24H,10H2,1-2H3/t16-/m1/s1. The van der Waals surface area contributed by atoms with Gasteiger partial charge in [-0.15, -0.1) is 11.3 Å². The van der Waals surface area contributed by atoms with Crippen LogP contribution in [0.4, 0.5) is 13.2 Å². The van der Waals surface area contributed by atoms with E-state index in [1.807, 2.05) is 0 Å². The molecule has 0 aliphatic heterocycles. The average molecular weight is 489 g/mol. The summed E-state index contributed by atoms with van der Waals surface area (Å²) in [5.74, 6) is -1.54. The van der Waals surface area contributed by atoms with Crippen molar-refractivity contribution in [2.75, 3.05) is 0 Å². The molecule has 3 rings (SSSR count). The molecule has 32 heavy (non-hydrogen) atoms. The Morgan fingerprint density at radius 2 is 2.00 bits per heavy atom. The number of halogens is 3. The zero-order chi connectivity index (χ0) is 23.7. The van der Waals surface area contributed by atoms with Crippen molar-refractivity contribution in [2.24, 2.45) is 5.92 Å². The van der Waals surface area contributed by atoms with Crippen LogP contribution in [0.5, 0.6) is 0 Å². The summed E-state index contributed by atoms with van der Waals surface area (Å²) in [5.41, 5.74) is -1.33. The van der Waals surface area contributed by atoms with Crippen molar-refractivity contribution in [1.29, 1.82) is 0 Å². The Bertz CT molecular complexity index is 1300. The molecule has 1 aromatic carbocycles. The first kappa shape index (κ1) is 23.9. The minimum absolute atomic E-state index is 0.175. The van der Waals surface area contributed by atoms with Crippen molar-refractivity contribution < 1.29 is 31.1 Å². The highest BCUT2D eigenvalue weighted by atomic mass is 32.2. The number of hydrogen-bond acceptors (Lipinski definition) is 7. The third-order valence-electron chi connectivity index (χ3n) is 4.39. The number of nitrogens with zero attached hydrogens (tertiary/aromatic N) is 2. The average Bonchev–Trinajstić information content (AvgIpc) is 3.19. The predicted octanol–water partition coefficient (Wildman–Crippen LogP) is 2.82. The number of carbonyl (C=O) groups is 1. The number of thiazole rings is 1.